The smallest absolute Gasteiger partial charge is 0.341 e. The zero-order chi connectivity index (χ0) is 23.4. The van der Waals surface area contributed by atoms with Crippen molar-refractivity contribution in [1.29, 1.82) is 0 Å². The third-order valence-corrected chi connectivity index (χ3v) is 5.48. The van der Waals surface area contributed by atoms with E-state index in [1.54, 1.807) is 12.1 Å². The van der Waals surface area contributed by atoms with Crippen molar-refractivity contribution < 1.29 is 14.7 Å². The lowest BCUT2D eigenvalue weighted by molar-refractivity contribution is 0.0695. The summed E-state index contributed by atoms with van der Waals surface area (Å²) in [7, 11) is 0. The highest BCUT2D eigenvalue weighted by atomic mass is 16.4. The van der Waals surface area contributed by atoms with Crippen LogP contribution in [0.4, 0.5) is 0 Å². The van der Waals surface area contributed by atoms with Gasteiger partial charge in [-0.05, 0) is 55.2 Å². The number of aromatic carboxylic acids is 1. The van der Waals surface area contributed by atoms with Crippen LogP contribution < -0.4 is 10.7 Å². The minimum Gasteiger partial charge on any atom is -0.477 e. The van der Waals surface area contributed by atoms with E-state index in [-0.39, 0.29) is 23.0 Å². The Balaban J connectivity index is 1.39. The molecule has 0 bridgehead atoms. The first-order valence-electron chi connectivity index (χ1n) is 10.6. The van der Waals surface area contributed by atoms with Crippen molar-refractivity contribution in [1.82, 2.24) is 15.3 Å². The molecular formula is C26H23N3O4. The lowest BCUT2D eigenvalue weighted by Crippen LogP contribution is -2.32. The molecule has 0 radical (unpaired) electrons. The average Bonchev–Trinajstić information content (AvgIpc) is 2.83. The number of amides is 1. The second-order valence-corrected chi connectivity index (χ2v) is 7.89. The molecule has 2 heterocycles. The maximum absolute atomic E-state index is 12.6. The number of pyridine rings is 2. The minimum atomic E-state index is -1.29. The predicted octanol–water partition coefficient (Wildman–Crippen LogP) is 4.04. The molecule has 7 heteroatoms. The van der Waals surface area contributed by atoms with Gasteiger partial charge in [0, 0.05) is 23.5 Å². The first kappa shape index (κ1) is 22.0. The molecule has 0 aliphatic rings. The van der Waals surface area contributed by atoms with E-state index in [4.69, 9.17) is 5.11 Å². The van der Waals surface area contributed by atoms with E-state index < -0.39 is 11.4 Å². The number of H-pyrrole nitrogens is 1. The fraction of sp³-hybridized carbons (Fsp3) is 0.154. The van der Waals surface area contributed by atoms with E-state index >= 15 is 0 Å². The van der Waals surface area contributed by atoms with Crippen LogP contribution in [0.3, 0.4) is 0 Å². The number of aryl methyl sites for hydroxylation is 1. The third kappa shape index (κ3) is 4.98. The second-order valence-electron chi connectivity index (χ2n) is 7.89. The Labute approximate surface area is 190 Å². The molecule has 0 spiro atoms. The van der Waals surface area contributed by atoms with Crippen LogP contribution in [0.2, 0.25) is 0 Å². The van der Waals surface area contributed by atoms with Crippen molar-refractivity contribution in [3.63, 3.8) is 0 Å². The summed E-state index contributed by atoms with van der Waals surface area (Å²) in [5.74, 6) is -1.45. The molecule has 0 unspecified atom stereocenters. The van der Waals surface area contributed by atoms with E-state index in [0.29, 0.717) is 29.6 Å². The van der Waals surface area contributed by atoms with Crippen LogP contribution in [-0.2, 0) is 6.42 Å². The molecule has 166 valence electrons. The quantitative estimate of drug-likeness (QED) is 0.401. The van der Waals surface area contributed by atoms with Crippen LogP contribution in [0.25, 0.3) is 22.2 Å². The number of nitrogens with zero attached hydrogens (tertiary/aromatic N) is 1. The second kappa shape index (κ2) is 9.48. The largest absolute Gasteiger partial charge is 0.477 e. The molecule has 3 N–H and O–H groups in total. The van der Waals surface area contributed by atoms with Crippen LogP contribution in [0.1, 0.15) is 39.8 Å². The van der Waals surface area contributed by atoms with Crippen molar-refractivity contribution in [2.45, 2.75) is 25.8 Å². The maximum atomic E-state index is 12.6. The van der Waals surface area contributed by atoms with Gasteiger partial charge in [-0.3, -0.25) is 9.59 Å². The molecular weight excluding hydrogens is 418 g/mol. The topological polar surface area (TPSA) is 112 Å². The Morgan fingerprint density at radius 3 is 2.39 bits per heavy atom. The Morgan fingerprint density at radius 2 is 1.70 bits per heavy atom. The molecule has 1 atom stereocenters. The van der Waals surface area contributed by atoms with Gasteiger partial charge in [-0.25, -0.2) is 9.78 Å². The molecule has 0 fully saturated rings. The summed E-state index contributed by atoms with van der Waals surface area (Å²) in [5, 5.41) is 12.1. The Kier molecular flexibility index (Phi) is 6.31. The number of benzene rings is 2. The predicted molar refractivity (Wildman–Crippen MR) is 126 cm³/mol. The van der Waals surface area contributed by atoms with Gasteiger partial charge in [0.05, 0.1) is 5.52 Å². The molecule has 33 heavy (non-hydrogen) atoms. The number of aromatic amines is 1. The van der Waals surface area contributed by atoms with E-state index in [0.717, 1.165) is 11.1 Å². The Morgan fingerprint density at radius 1 is 1.00 bits per heavy atom. The zero-order valence-electron chi connectivity index (χ0n) is 18.0. The molecule has 0 saturated carbocycles. The van der Waals surface area contributed by atoms with Gasteiger partial charge in [0.15, 0.2) is 0 Å². The highest BCUT2D eigenvalue weighted by Gasteiger charge is 2.14. The lowest BCUT2D eigenvalue weighted by atomic mass is 10.0. The summed E-state index contributed by atoms with van der Waals surface area (Å²) >= 11 is 0. The Hall–Kier alpha value is -4.26. The first-order valence-corrected chi connectivity index (χ1v) is 10.6. The number of aromatic nitrogens is 2. The summed E-state index contributed by atoms with van der Waals surface area (Å²) in [5.41, 5.74) is 3.00. The van der Waals surface area contributed by atoms with Crippen LogP contribution in [0.15, 0.2) is 77.7 Å². The van der Waals surface area contributed by atoms with Crippen molar-refractivity contribution in [3.05, 3.63) is 100.0 Å². The lowest BCUT2D eigenvalue weighted by Gasteiger charge is -2.14. The van der Waals surface area contributed by atoms with Crippen LogP contribution >= 0.6 is 0 Å². The summed E-state index contributed by atoms with van der Waals surface area (Å²) in [6.45, 7) is 1.91. The number of carboxylic acid groups (broad SMARTS) is 1. The number of carbonyl (C=O) groups excluding carboxylic acids is 1. The van der Waals surface area contributed by atoms with Gasteiger partial charge in [-0.15, -0.1) is 0 Å². The highest BCUT2D eigenvalue weighted by Crippen LogP contribution is 2.19. The number of fused-ring (bicyclic) bond motifs is 1. The average molecular weight is 441 g/mol. The molecule has 7 nitrogen and oxygen atoms in total. The van der Waals surface area contributed by atoms with Gasteiger partial charge in [-0.1, -0.05) is 42.5 Å². The summed E-state index contributed by atoms with van der Waals surface area (Å²) < 4.78 is 0. The normalized spacial score (nSPS) is 11.8. The van der Waals surface area contributed by atoms with Gasteiger partial charge < -0.3 is 15.4 Å². The van der Waals surface area contributed by atoms with Crippen molar-refractivity contribution in [2.24, 2.45) is 0 Å². The van der Waals surface area contributed by atoms with E-state index in [1.807, 2.05) is 61.5 Å². The maximum Gasteiger partial charge on any atom is 0.341 e. The van der Waals surface area contributed by atoms with Crippen molar-refractivity contribution in [2.75, 3.05) is 0 Å². The third-order valence-electron chi connectivity index (χ3n) is 5.48. The number of hydrogen-bond donors (Lipinski definition) is 3. The molecule has 0 aliphatic carbocycles. The summed E-state index contributed by atoms with van der Waals surface area (Å²) in [6.07, 6.45) is 2.32. The summed E-state index contributed by atoms with van der Waals surface area (Å²) in [6, 6.07) is 20.8. The number of hydrogen-bond acceptors (Lipinski definition) is 4. The van der Waals surface area contributed by atoms with Gasteiger partial charge in [0.25, 0.3) is 5.91 Å². The van der Waals surface area contributed by atoms with E-state index in [9.17, 15) is 14.4 Å². The fourth-order valence-electron chi connectivity index (χ4n) is 3.62. The number of carbonyl (C=O) groups is 2. The fourth-order valence-corrected chi connectivity index (χ4v) is 3.62. The van der Waals surface area contributed by atoms with Gasteiger partial charge in [0.1, 0.15) is 11.1 Å². The van der Waals surface area contributed by atoms with Gasteiger partial charge in [-0.2, -0.15) is 0 Å². The molecule has 0 saturated heterocycles. The molecule has 2 aromatic heterocycles. The molecule has 0 aliphatic heterocycles. The van der Waals surface area contributed by atoms with E-state index in [2.05, 4.69) is 15.3 Å². The van der Waals surface area contributed by atoms with Crippen LogP contribution in [0.5, 0.6) is 0 Å². The SMILES string of the molecule is C[C@@H](CCc1ccc2[nH]cc(C(=O)O)c(=O)c2n1)NC(=O)c1ccc(-c2ccccc2)cc1. The highest BCUT2D eigenvalue weighted by molar-refractivity contribution is 5.95. The minimum absolute atomic E-state index is 0.0996. The monoisotopic (exact) mass is 441 g/mol. The Bertz CT molecular complexity index is 1360. The van der Waals surface area contributed by atoms with Crippen LogP contribution in [-0.4, -0.2) is 33.0 Å². The van der Waals surface area contributed by atoms with Gasteiger partial charge >= 0.3 is 5.97 Å². The molecule has 1 amide bonds. The standard InChI is InChI=1S/C26H23N3O4/c1-16(28-25(31)19-10-8-18(9-11-19)17-5-3-2-4-6-17)7-12-20-13-14-22-23(29-20)24(30)21(15-27-22)26(32)33/h2-6,8-11,13-16H,7,12H2,1H3,(H,27,30)(H,28,31)(H,32,33)/t16-/m0/s1. The van der Waals surface area contributed by atoms with Gasteiger partial charge in [0.2, 0.25) is 5.43 Å². The molecule has 4 rings (SSSR count). The molecule has 4 aromatic rings. The van der Waals surface area contributed by atoms with Crippen molar-refractivity contribution in [3.8, 4) is 11.1 Å². The zero-order valence-corrected chi connectivity index (χ0v) is 18.0. The number of rotatable bonds is 7. The van der Waals surface area contributed by atoms with E-state index in [1.165, 1.54) is 6.20 Å². The summed E-state index contributed by atoms with van der Waals surface area (Å²) in [4.78, 5) is 43.3. The van der Waals surface area contributed by atoms with Crippen molar-refractivity contribution >= 4 is 22.9 Å². The van der Waals surface area contributed by atoms with Crippen LogP contribution in [0, 0.1) is 0 Å². The number of carboxylic acids is 1. The first-order chi connectivity index (χ1) is 15.9. The number of nitrogens with one attached hydrogen (secondary N) is 2. The molecule has 2 aromatic carbocycles.